The van der Waals surface area contributed by atoms with E-state index in [-0.39, 0.29) is 5.69 Å². The first-order valence-electron chi connectivity index (χ1n) is 3.08. The summed E-state index contributed by atoms with van der Waals surface area (Å²) >= 11 is 0. The molecule has 58 valence electrons. The zero-order valence-corrected chi connectivity index (χ0v) is 5.97. The zero-order chi connectivity index (χ0) is 8.27. The summed E-state index contributed by atoms with van der Waals surface area (Å²) in [6.45, 7) is 0. The first-order valence-corrected chi connectivity index (χ1v) is 3.08. The standard InChI is InChI=1S/C7H7FN2O/c1-9-7-3-2-5(10-11)4-6(7)8/h2-4,9H,1H3. The lowest BCUT2D eigenvalue weighted by molar-refractivity contribution is 0.631. The average Bonchev–Trinajstić information content (AvgIpc) is 2.04. The zero-order valence-electron chi connectivity index (χ0n) is 5.97. The Balaban J connectivity index is 3.09. The molecule has 0 fully saturated rings. The SMILES string of the molecule is CNc1ccc(N=O)cc1F. The third-order valence-corrected chi connectivity index (χ3v) is 1.33. The van der Waals surface area contributed by atoms with E-state index in [2.05, 4.69) is 10.5 Å². The molecule has 0 aliphatic carbocycles. The largest absolute Gasteiger partial charge is 0.386 e. The highest BCUT2D eigenvalue weighted by Gasteiger charge is 2.00. The van der Waals surface area contributed by atoms with Crippen molar-refractivity contribution in [3.63, 3.8) is 0 Å². The minimum Gasteiger partial charge on any atom is -0.386 e. The van der Waals surface area contributed by atoms with Crippen molar-refractivity contribution >= 4 is 11.4 Å². The van der Waals surface area contributed by atoms with Crippen LogP contribution in [0.25, 0.3) is 0 Å². The maximum atomic E-state index is 12.8. The lowest BCUT2D eigenvalue weighted by atomic mass is 10.3. The first kappa shape index (κ1) is 7.65. The molecular formula is C7H7FN2O. The highest BCUT2D eigenvalue weighted by Crippen LogP contribution is 2.19. The van der Waals surface area contributed by atoms with Crippen LogP contribution in [-0.2, 0) is 0 Å². The van der Waals surface area contributed by atoms with E-state index in [4.69, 9.17) is 0 Å². The van der Waals surface area contributed by atoms with Crippen LogP contribution in [0.4, 0.5) is 15.8 Å². The summed E-state index contributed by atoms with van der Waals surface area (Å²) < 4.78 is 12.8. The van der Waals surface area contributed by atoms with E-state index in [0.29, 0.717) is 5.69 Å². The van der Waals surface area contributed by atoms with Crippen LogP contribution in [0.2, 0.25) is 0 Å². The fourth-order valence-electron chi connectivity index (χ4n) is 0.764. The average molecular weight is 154 g/mol. The molecule has 0 bridgehead atoms. The number of hydrogen-bond acceptors (Lipinski definition) is 3. The summed E-state index contributed by atoms with van der Waals surface area (Å²) in [5.41, 5.74) is 0.457. The number of nitrogens with one attached hydrogen (secondary N) is 1. The molecule has 1 aromatic rings. The lowest BCUT2D eigenvalue weighted by Crippen LogP contribution is -1.90. The van der Waals surface area contributed by atoms with Crippen LogP contribution in [0.5, 0.6) is 0 Å². The minimum atomic E-state index is -0.468. The van der Waals surface area contributed by atoms with Crippen molar-refractivity contribution < 1.29 is 4.39 Å². The van der Waals surface area contributed by atoms with Crippen LogP contribution in [0, 0.1) is 10.7 Å². The Morgan fingerprint density at radius 2 is 2.27 bits per heavy atom. The molecule has 0 radical (unpaired) electrons. The van der Waals surface area contributed by atoms with Crippen LogP contribution in [0.3, 0.4) is 0 Å². The summed E-state index contributed by atoms with van der Waals surface area (Å²) in [4.78, 5) is 9.92. The number of benzene rings is 1. The lowest BCUT2D eigenvalue weighted by Gasteiger charge is -1.99. The third kappa shape index (κ3) is 1.52. The van der Waals surface area contributed by atoms with E-state index in [0.717, 1.165) is 6.07 Å². The molecule has 3 nitrogen and oxygen atoms in total. The maximum Gasteiger partial charge on any atom is 0.148 e. The van der Waals surface area contributed by atoms with Crippen molar-refractivity contribution in [2.45, 2.75) is 0 Å². The van der Waals surface area contributed by atoms with E-state index < -0.39 is 5.82 Å². The van der Waals surface area contributed by atoms with Gasteiger partial charge in [0.25, 0.3) is 0 Å². The monoisotopic (exact) mass is 154 g/mol. The Kier molecular flexibility index (Phi) is 2.15. The number of hydrogen-bond donors (Lipinski definition) is 1. The second-order valence-electron chi connectivity index (χ2n) is 2.01. The van der Waals surface area contributed by atoms with Crippen molar-refractivity contribution in [1.29, 1.82) is 0 Å². The fourth-order valence-corrected chi connectivity index (χ4v) is 0.764. The van der Waals surface area contributed by atoms with Crippen LogP contribution < -0.4 is 5.32 Å². The normalized spacial score (nSPS) is 9.27. The molecule has 0 aliphatic rings. The Labute approximate surface area is 63.2 Å². The van der Waals surface area contributed by atoms with E-state index in [1.165, 1.54) is 12.1 Å². The molecule has 0 heterocycles. The second-order valence-corrected chi connectivity index (χ2v) is 2.01. The summed E-state index contributed by atoms with van der Waals surface area (Å²) in [7, 11) is 1.60. The molecule has 1 aromatic carbocycles. The molecule has 0 atom stereocenters. The molecule has 0 saturated carbocycles. The Morgan fingerprint density at radius 1 is 1.55 bits per heavy atom. The van der Waals surface area contributed by atoms with Crippen molar-refractivity contribution in [2.75, 3.05) is 12.4 Å². The quantitative estimate of drug-likeness (QED) is 0.664. The fraction of sp³-hybridized carbons (Fsp3) is 0.143. The van der Waals surface area contributed by atoms with Gasteiger partial charge in [-0.2, -0.15) is 0 Å². The predicted molar refractivity (Wildman–Crippen MR) is 41.4 cm³/mol. The molecule has 0 spiro atoms. The third-order valence-electron chi connectivity index (χ3n) is 1.33. The predicted octanol–water partition coefficient (Wildman–Crippen LogP) is 2.27. The van der Waals surface area contributed by atoms with E-state index in [1.807, 2.05) is 0 Å². The summed E-state index contributed by atoms with van der Waals surface area (Å²) in [6, 6.07) is 3.99. The number of nitrogens with zero attached hydrogens (tertiary/aromatic N) is 1. The van der Waals surface area contributed by atoms with E-state index >= 15 is 0 Å². The van der Waals surface area contributed by atoms with Gasteiger partial charge in [-0.1, -0.05) is 0 Å². The van der Waals surface area contributed by atoms with Crippen molar-refractivity contribution in [3.05, 3.63) is 28.9 Å². The first-order chi connectivity index (χ1) is 5.27. The van der Waals surface area contributed by atoms with Gasteiger partial charge in [0.15, 0.2) is 0 Å². The molecule has 0 aromatic heterocycles. The maximum absolute atomic E-state index is 12.8. The van der Waals surface area contributed by atoms with Gasteiger partial charge < -0.3 is 5.32 Å². The molecule has 0 amide bonds. The topological polar surface area (TPSA) is 41.5 Å². The van der Waals surface area contributed by atoms with Crippen LogP contribution in [0.15, 0.2) is 23.4 Å². The molecular weight excluding hydrogens is 147 g/mol. The molecule has 0 saturated heterocycles. The van der Waals surface area contributed by atoms with Gasteiger partial charge in [0.1, 0.15) is 11.5 Å². The van der Waals surface area contributed by atoms with Gasteiger partial charge in [0.05, 0.1) is 5.69 Å². The van der Waals surface area contributed by atoms with Gasteiger partial charge >= 0.3 is 0 Å². The molecule has 1 N–H and O–H groups in total. The smallest absolute Gasteiger partial charge is 0.148 e. The van der Waals surface area contributed by atoms with Crippen molar-refractivity contribution in [1.82, 2.24) is 0 Å². The van der Waals surface area contributed by atoms with Crippen LogP contribution in [-0.4, -0.2) is 7.05 Å². The number of halogens is 1. The van der Waals surface area contributed by atoms with Gasteiger partial charge in [0, 0.05) is 13.1 Å². The van der Waals surface area contributed by atoms with Gasteiger partial charge in [-0.05, 0) is 17.3 Å². The number of anilines is 1. The minimum absolute atomic E-state index is 0.0986. The molecule has 0 unspecified atom stereocenters. The molecule has 4 heteroatoms. The second kappa shape index (κ2) is 3.09. The van der Waals surface area contributed by atoms with Gasteiger partial charge in [-0.25, -0.2) is 4.39 Å². The highest BCUT2D eigenvalue weighted by molar-refractivity contribution is 5.51. The Bertz CT molecular complexity index is 275. The van der Waals surface area contributed by atoms with Gasteiger partial charge in [0.2, 0.25) is 0 Å². The summed E-state index contributed by atoms with van der Waals surface area (Å²) in [5.74, 6) is -0.468. The number of nitroso groups, excluding NO2 is 1. The van der Waals surface area contributed by atoms with Gasteiger partial charge in [-0.15, -0.1) is 4.91 Å². The molecule has 0 aliphatic heterocycles. The van der Waals surface area contributed by atoms with Crippen LogP contribution in [0.1, 0.15) is 0 Å². The van der Waals surface area contributed by atoms with Gasteiger partial charge in [-0.3, -0.25) is 0 Å². The number of rotatable bonds is 2. The van der Waals surface area contributed by atoms with E-state index in [1.54, 1.807) is 7.05 Å². The van der Waals surface area contributed by atoms with Crippen LogP contribution >= 0.6 is 0 Å². The van der Waals surface area contributed by atoms with E-state index in [9.17, 15) is 9.30 Å². The van der Waals surface area contributed by atoms with Crippen molar-refractivity contribution in [2.24, 2.45) is 5.18 Å². The molecule has 1 rings (SSSR count). The molecule has 11 heavy (non-hydrogen) atoms. The van der Waals surface area contributed by atoms with Crippen molar-refractivity contribution in [3.8, 4) is 0 Å². The highest BCUT2D eigenvalue weighted by atomic mass is 19.1. The summed E-state index contributed by atoms with van der Waals surface area (Å²) in [6.07, 6.45) is 0. The Morgan fingerprint density at radius 3 is 2.73 bits per heavy atom. The Hall–Kier alpha value is -1.45. The summed E-state index contributed by atoms with van der Waals surface area (Å²) in [5, 5.41) is 5.22.